The molecule has 264 valence electrons. The van der Waals surface area contributed by atoms with E-state index in [0.717, 1.165) is 22.5 Å². The molecule has 1 aromatic heterocycles. The zero-order valence-electron chi connectivity index (χ0n) is 37.6. The molecular formula is C41H45B15N2. The molecule has 7 aromatic carbocycles. The van der Waals surface area contributed by atoms with Crippen LogP contribution in [0.15, 0.2) is 91.0 Å². The van der Waals surface area contributed by atoms with Gasteiger partial charge in [-0.05, 0) is 90.5 Å². The van der Waals surface area contributed by atoms with E-state index in [4.69, 9.17) is 4.98 Å². The highest BCUT2D eigenvalue weighted by Gasteiger charge is 2.38. The van der Waals surface area contributed by atoms with E-state index in [1.807, 2.05) is 0 Å². The van der Waals surface area contributed by atoms with E-state index in [0.29, 0.717) is 0 Å². The summed E-state index contributed by atoms with van der Waals surface area (Å²) >= 11 is 0. The maximum absolute atomic E-state index is 5.26. The van der Waals surface area contributed by atoms with Gasteiger partial charge in [-0.3, -0.25) is 4.57 Å². The van der Waals surface area contributed by atoms with Gasteiger partial charge in [0.25, 0.3) is 0 Å². The monoisotopic (exact) mass is 730 g/mol. The number of benzene rings is 7. The van der Waals surface area contributed by atoms with E-state index in [1.54, 1.807) is 0 Å². The van der Waals surface area contributed by atoms with Crippen LogP contribution in [0.1, 0.15) is 5.82 Å². The van der Waals surface area contributed by atoms with Crippen molar-refractivity contribution >= 4 is 205 Å². The molecule has 0 aliphatic carbocycles. The predicted octanol–water partition coefficient (Wildman–Crippen LogP) is -11.7. The van der Waals surface area contributed by atoms with Gasteiger partial charge in [0.1, 0.15) is 100.0 Å². The standard InChI is InChI=1S/C41H45B15N2/c42-29-27(30(43)34(47)37(50)33(29)46)25-19-5-1-2-6-20(19)26(28-31(44)35(48)38(51)36(49)32(28)45)22-15-17(11-14-21(22)25)16-9-12-18(13-10-16)58-24-8-4-3-7-23(24)57-39(58)40(52,53)41(54,55)56/h1-15H,42-56H2. The van der Waals surface area contributed by atoms with Crippen LogP contribution in [0.4, 0.5) is 0 Å². The molecule has 0 saturated heterocycles. The van der Waals surface area contributed by atoms with Gasteiger partial charge in [0.05, 0.1) is 34.6 Å². The lowest BCUT2D eigenvalue weighted by molar-refractivity contribution is 0.757. The fraction of sp³-hybridized carbons (Fsp3) is 0.0488. The average molecular weight is 728 g/mol. The molecule has 0 bridgehead atoms. The molecule has 0 unspecified atom stereocenters. The minimum Gasteiger partial charge on any atom is -0.297 e. The fourth-order valence-corrected chi connectivity index (χ4v) is 9.49. The molecule has 0 fully saturated rings. The lowest BCUT2D eigenvalue weighted by Gasteiger charge is -2.39. The van der Waals surface area contributed by atoms with Crippen LogP contribution in [-0.2, 0) is 5.21 Å². The van der Waals surface area contributed by atoms with Crippen LogP contribution in [0.3, 0.4) is 0 Å². The lowest BCUT2D eigenvalue weighted by atomic mass is 9.23. The van der Waals surface area contributed by atoms with Crippen molar-refractivity contribution < 1.29 is 0 Å². The van der Waals surface area contributed by atoms with Crippen molar-refractivity contribution in [1.82, 2.24) is 9.55 Å². The molecule has 0 atom stereocenters. The largest absolute Gasteiger partial charge is 0.297 e. The Bertz CT molecular complexity index is 2960. The molecule has 58 heavy (non-hydrogen) atoms. The van der Waals surface area contributed by atoms with Gasteiger partial charge in [-0.15, -0.1) is 37.9 Å². The third kappa shape index (κ3) is 6.04. The Morgan fingerprint density at radius 1 is 0.397 bits per heavy atom. The Morgan fingerprint density at radius 3 is 1.31 bits per heavy atom. The second kappa shape index (κ2) is 14.4. The molecule has 17 heteroatoms. The average Bonchev–Trinajstić information content (AvgIpc) is 3.61. The first-order valence-electron chi connectivity index (χ1n) is 21.1. The number of imidazole rings is 1. The summed E-state index contributed by atoms with van der Waals surface area (Å²) in [4.78, 5) is 5.26. The summed E-state index contributed by atoms with van der Waals surface area (Å²) in [5, 5.41) is 5.06. The second-order valence-electron chi connectivity index (χ2n) is 18.7. The fourth-order valence-electron chi connectivity index (χ4n) is 9.49. The normalized spacial score (nSPS) is 12.1. The number of hydrogen-bond acceptors (Lipinski definition) is 1. The molecule has 0 radical (unpaired) electrons. The Hall–Kier alpha value is -4.50. The molecule has 0 N–H and O–H groups in total. The third-order valence-electron chi connectivity index (χ3n) is 15.0. The van der Waals surface area contributed by atoms with E-state index >= 15 is 0 Å². The van der Waals surface area contributed by atoms with Gasteiger partial charge in [-0.1, -0.05) is 82.5 Å². The number of fused-ring (bicyclic) bond motifs is 3. The molecule has 0 spiro atoms. The van der Waals surface area contributed by atoms with Crippen molar-refractivity contribution in [3.8, 4) is 39.1 Å². The van der Waals surface area contributed by atoms with Gasteiger partial charge in [-0.25, -0.2) is 4.98 Å². The van der Waals surface area contributed by atoms with E-state index in [1.165, 1.54) is 110 Å². The Labute approximate surface area is 358 Å². The maximum Gasteiger partial charge on any atom is 0.139 e. The van der Waals surface area contributed by atoms with Crippen LogP contribution in [0, 0.1) is 0 Å². The van der Waals surface area contributed by atoms with Gasteiger partial charge in [0.2, 0.25) is 0 Å². The van der Waals surface area contributed by atoms with Crippen molar-refractivity contribution in [3.05, 3.63) is 96.8 Å². The summed E-state index contributed by atoms with van der Waals surface area (Å²) in [6, 6.07) is 34.1. The lowest BCUT2D eigenvalue weighted by Crippen LogP contribution is -2.55. The van der Waals surface area contributed by atoms with Gasteiger partial charge in [0.15, 0.2) is 0 Å². The Kier molecular flexibility index (Phi) is 9.97. The predicted molar refractivity (Wildman–Crippen MR) is 301 cm³/mol. The summed E-state index contributed by atoms with van der Waals surface area (Å²) in [6.07, 6.45) is 0. The van der Waals surface area contributed by atoms with Gasteiger partial charge < -0.3 is 0 Å². The Morgan fingerprint density at radius 2 is 0.810 bits per heavy atom. The number of nitrogens with zero attached hydrogens (tertiary/aromatic N) is 2. The van der Waals surface area contributed by atoms with Gasteiger partial charge in [0, 0.05) is 5.69 Å². The highest BCUT2D eigenvalue weighted by molar-refractivity contribution is 6.71. The number of aromatic nitrogens is 2. The van der Waals surface area contributed by atoms with Crippen molar-refractivity contribution in [3.63, 3.8) is 0 Å². The van der Waals surface area contributed by atoms with Gasteiger partial charge >= 0.3 is 0 Å². The minimum atomic E-state index is -0.173. The first-order chi connectivity index (χ1) is 27.4. The van der Waals surface area contributed by atoms with Crippen LogP contribution in [0.5, 0.6) is 0 Å². The summed E-state index contributed by atoms with van der Waals surface area (Å²) < 4.78 is 2.38. The zero-order valence-corrected chi connectivity index (χ0v) is 37.6. The molecule has 0 saturated carbocycles. The van der Waals surface area contributed by atoms with Gasteiger partial charge in [-0.2, -0.15) is 0 Å². The smallest absolute Gasteiger partial charge is 0.139 e. The van der Waals surface area contributed by atoms with Crippen molar-refractivity contribution in [1.29, 1.82) is 0 Å². The van der Waals surface area contributed by atoms with Crippen LogP contribution < -0.4 is 54.6 Å². The topological polar surface area (TPSA) is 17.8 Å². The maximum atomic E-state index is 5.26. The van der Waals surface area contributed by atoms with Crippen molar-refractivity contribution in [2.45, 2.75) is 10.3 Å². The third-order valence-corrected chi connectivity index (χ3v) is 15.0. The minimum absolute atomic E-state index is 0.0101. The molecule has 1 heterocycles. The summed E-state index contributed by atoms with van der Waals surface area (Å²) in [6.45, 7) is 0. The van der Waals surface area contributed by atoms with Crippen molar-refractivity contribution in [2.24, 2.45) is 0 Å². The summed E-state index contributed by atoms with van der Waals surface area (Å²) in [7, 11) is 34.7. The molecule has 8 rings (SSSR count). The molecule has 0 amide bonds. The van der Waals surface area contributed by atoms with Crippen LogP contribution in [0.25, 0.3) is 71.6 Å². The number of para-hydroxylation sites is 2. The van der Waals surface area contributed by atoms with Crippen molar-refractivity contribution in [2.75, 3.05) is 0 Å². The molecular weight excluding hydrogens is 683 g/mol. The van der Waals surface area contributed by atoms with Crippen LogP contribution in [-0.4, -0.2) is 127 Å². The highest BCUT2D eigenvalue weighted by atomic mass is 15.1. The Balaban J connectivity index is 1.43. The number of hydrogen-bond donors (Lipinski definition) is 0. The van der Waals surface area contributed by atoms with Crippen LogP contribution in [0.2, 0.25) is 5.11 Å². The second-order valence-corrected chi connectivity index (χ2v) is 18.7. The van der Waals surface area contributed by atoms with E-state index < -0.39 is 0 Å². The summed E-state index contributed by atoms with van der Waals surface area (Å²) in [5.41, 5.74) is 24.9. The highest BCUT2D eigenvalue weighted by Crippen LogP contribution is 2.43. The summed E-state index contributed by atoms with van der Waals surface area (Å²) in [5.74, 6) is 1.09. The van der Waals surface area contributed by atoms with E-state index in [-0.39, 0.29) is 10.3 Å². The quantitative estimate of drug-likeness (QED) is 0.123. The molecule has 0 aliphatic heterocycles. The first kappa shape index (κ1) is 40.3. The molecule has 0 aliphatic rings. The molecule has 2 nitrogen and oxygen atoms in total. The van der Waals surface area contributed by atoms with E-state index in [2.05, 4.69) is 213 Å². The van der Waals surface area contributed by atoms with E-state index in [9.17, 15) is 0 Å². The SMILES string of the molecule is Bc1c(B)c(B)c(-c2c3ccccc3c(-c3c(B)c(B)c(B)c(B)c3B)c3cc(-c4ccc(-n5c(C(B)(B)C(B)(B)B)nc6ccccc65)cc4)ccc23)c(B)c1B. The zero-order chi connectivity index (χ0) is 41.7. The van der Waals surface area contributed by atoms with Crippen LogP contribution >= 0.6 is 0 Å². The molecule has 8 aromatic rings. The first-order valence-corrected chi connectivity index (χ1v) is 21.1. The number of rotatable bonds is 6.